The van der Waals surface area contributed by atoms with E-state index >= 15 is 0 Å². The molecule has 0 saturated heterocycles. The quantitative estimate of drug-likeness (QED) is 0.0344. The van der Waals surface area contributed by atoms with Crippen LogP contribution in [0.3, 0.4) is 0 Å². The molecule has 0 aromatic carbocycles. The van der Waals surface area contributed by atoms with E-state index in [4.69, 9.17) is 14.2 Å². The van der Waals surface area contributed by atoms with Crippen LogP contribution in [0.4, 0.5) is 0 Å². The molecule has 0 unspecified atom stereocenters. The summed E-state index contributed by atoms with van der Waals surface area (Å²) in [5.41, 5.74) is 0. The minimum Gasteiger partial charge on any atom is -0.462 e. The van der Waals surface area contributed by atoms with Gasteiger partial charge in [0.1, 0.15) is 13.2 Å². The third kappa shape index (κ3) is 51.4. The minimum absolute atomic E-state index is 0.0627. The number of hydrogen-bond acceptors (Lipinski definition) is 6. The zero-order chi connectivity index (χ0) is 46.8. The van der Waals surface area contributed by atoms with Crippen molar-refractivity contribution < 1.29 is 28.6 Å². The molecule has 0 N–H and O–H groups in total. The van der Waals surface area contributed by atoms with Crippen LogP contribution in [0.2, 0.25) is 0 Å². The van der Waals surface area contributed by atoms with Crippen molar-refractivity contribution in [3.63, 3.8) is 0 Å². The van der Waals surface area contributed by atoms with E-state index in [1.807, 2.05) is 0 Å². The van der Waals surface area contributed by atoms with Gasteiger partial charge in [0.15, 0.2) is 6.10 Å². The Bertz CT molecular complexity index is 978. The van der Waals surface area contributed by atoms with Gasteiger partial charge < -0.3 is 14.2 Å². The Morgan fingerprint density at radius 3 is 0.766 bits per heavy atom. The molecule has 0 bridgehead atoms. The molecular weight excluding hydrogens is 793 g/mol. The van der Waals surface area contributed by atoms with Crippen LogP contribution in [-0.2, 0) is 28.6 Å². The second-order valence-electron chi connectivity index (χ2n) is 20.9. The van der Waals surface area contributed by atoms with E-state index in [1.165, 1.54) is 212 Å². The molecule has 64 heavy (non-hydrogen) atoms. The van der Waals surface area contributed by atoms with Gasteiger partial charge in [-0.2, -0.15) is 0 Å². The van der Waals surface area contributed by atoms with Gasteiger partial charge >= 0.3 is 17.9 Å². The predicted molar refractivity (Wildman–Crippen MR) is 275 cm³/mol. The molecule has 0 fully saturated rings. The van der Waals surface area contributed by atoms with Crippen LogP contribution in [0, 0.1) is 11.8 Å². The molecule has 0 saturated carbocycles. The average molecular weight is 906 g/mol. The average Bonchev–Trinajstić information content (AvgIpc) is 3.27. The van der Waals surface area contributed by atoms with Crippen LogP contribution in [0.1, 0.15) is 324 Å². The number of carbonyl (C=O) groups excluding carboxylic acids is 3. The van der Waals surface area contributed by atoms with Gasteiger partial charge in [0.25, 0.3) is 0 Å². The van der Waals surface area contributed by atoms with Crippen LogP contribution in [0.25, 0.3) is 0 Å². The van der Waals surface area contributed by atoms with Gasteiger partial charge in [-0.05, 0) is 31.1 Å². The topological polar surface area (TPSA) is 78.9 Å². The fourth-order valence-electron chi connectivity index (χ4n) is 8.87. The van der Waals surface area contributed by atoms with E-state index in [9.17, 15) is 14.4 Å². The summed E-state index contributed by atoms with van der Waals surface area (Å²) in [6.45, 7) is 11.4. The number of unbranched alkanes of at least 4 members (excludes halogenated alkanes) is 37. The van der Waals surface area contributed by atoms with Gasteiger partial charge in [0, 0.05) is 19.3 Å². The normalized spacial score (nSPS) is 12.0. The van der Waals surface area contributed by atoms with Gasteiger partial charge in [0.2, 0.25) is 0 Å². The Morgan fingerprint density at radius 2 is 0.516 bits per heavy atom. The number of carbonyl (C=O) groups is 3. The van der Waals surface area contributed by atoms with E-state index in [0.717, 1.165) is 69.6 Å². The first-order chi connectivity index (χ1) is 31.2. The Balaban J connectivity index is 4.31. The Kier molecular flexibility index (Phi) is 49.6. The first-order valence-corrected chi connectivity index (χ1v) is 28.7. The number of rotatable bonds is 52. The van der Waals surface area contributed by atoms with Crippen molar-refractivity contribution in [2.45, 2.75) is 330 Å². The summed E-state index contributed by atoms with van der Waals surface area (Å²) in [5.74, 6) is 0.833. The van der Waals surface area contributed by atoms with Crippen LogP contribution in [0.5, 0.6) is 0 Å². The molecule has 6 nitrogen and oxygen atoms in total. The molecule has 0 rings (SSSR count). The molecular formula is C58H112O6. The number of ether oxygens (including phenoxy) is 3. The molecule has 0 radical (unpaired) electrons. The Morgan fingerprint density at radius 1 is 0.297 bits per heavy atom. The van der Waals surface area contributed by atoms with E-state index < -0.39 is 6.10 Å². The second-order valence-corrected chi connectivity index (χ2v) is 20.9. The summed E-state index contributed by atoms with van der Waals surface area (Å²) in [6, 6.07) is 0. The SMILES string of the molecule is CCCCCCCCCCCCCCCCCC(=O)OC[C@H](COC(=O)CCCCCCCCCCCCCCCC(C)C)OC(=O)CCCCCCCCCCCCCCC(C)C. The maximum absolute atomic E-state index is 12.8. The number of esters is 3. The molecule has 0 aromatic rings. The summed E-state index contributed by atoms with van der Waals surface area (Å²) in [7, 11) is 0. The monoisotopic (exact) mass is 905 g/mol. The van der Waals surface area contributed by atoms with Gasteiger partial charge in [-0.1, -0.05) is 285 Å². The highest BCUT2D eigenvalue weighted by atomic mass is 16.6. The van der Waals surface area contributed by atoms with Crippen molar-refractivity contribution in [1.82, 2.24) is 0 Å². The highest BCUT2D eigenvalue weighted by Gasteiger charge is 2.19. The maximum Gasteiger partial charge on any atom is 0.306 e. The fourth-order valence-corrected chi connectivity index (χ4v) is 8.87. The Labute approximate surface area is 399 Å². The van der Waals surface area contributed by atoms with E-state index in [1.54, 1.807) is 0 Å². The molecule has 0 amide bonds. The lowest BCUT2D eigenvalue weighted by Crippen LogP contribution is -2.30. The van der Waals surface area contributed by atoms with Crippen LogP contribution in [-0.4, -0.2) is 37.2 Å². The molecule has 0 aliphatic rings. The van der Waals surface area contributed by atoms with E-state index in [0.29, 0.717) is 19.3 Å². The smallest absolute Gasteiger partial charge is 0.306 e. The lowest BCUT2D eigenvalue weighted by molar-refractivity contribution is -0.167. The van der Waals surface area contributed by atoms with Gasteiger partial charge in [-0.3, -0.25) is 14.4 Å². The first kappa shape index (κ1) is 62.4. The van der Waals surface area contributed by atoms with Crippen LogP contribution in [0.15, 0.2) is 0 Å². The molecule has 1 atom stereocenters. The third-order valence-electron chi connectivity index (χ3n) is 13.2. The van der Waals surface area contributed by atoms with Crippen molar-refractivity contribution in [1.29, 1.82) is 0 Å². The predicted octanol–water partition coefficient (Wildman–Crippen LogP) is 18.9. The second kappa shape index (κ2) is 50.8. The molecule has 6 heteroatoms. The molecule has 0 spiro atoms. The van der Waals surface area contributed by atoms with Gasteiger partial charge in [-0.15, -0.1) is 0 Å². The van der Waals surface area contributed by atoms with Crippen LogP contribution >= 0.6 is 0 Å². The minimum atomic E-state index is -0.762. The molecule has 0 heterocycles. The maximum atomic E-state index is 12.8. The summed E-state index contributed by atoms with van der Waals surface area (Å²) >= 11 is 0. The summed E-state index contributed by atoms with van der Waals surface area (Å²) in [6.07, 6.45) is 53.7. The highest BCUT2D eigenvalue weighted by molar-refractivity contribution is 5.71. The lowest BCUT2D eigenvalue weighted by Gasteiger charge is -2.18. The fraction of sp³-hybridized carbons (Fsp3) is 0.948. The van der Waals surface area contributed by atoms with Crippen LogP contribution < -0.4 is 0 Å². The van der Waals surface area contributed by atoms with Gasteiger partial charge in [-0.25, -0.2) is 0 Å². The molecule has 0 aromatic heterocycles. The zero-order valence-electron chi connectivity index (χ0n) is 43.9. The summed E-state index contributed by atoms with van der Waals surface area (Å²) < 4.78 is 16.9. The van der Waals surface area contributed by atoms with Crippen molar-refractivity contribution in [2.75, 3.05) is 13.2 Å². The number of hydrogen-bond donors (Lipinski definition) is 0. The summed E-state index contributed by atoms with van der Waals surface area (Å²) in [4.78, 5) is 38.1. The lowest BCUT2D eigenvalue weighted by atomic mass is 10.0. The standard InChI is InChI=1S/C58H112O6/c1-6-7-8-9-10-11-12-13-14-17-23-28-33-38-43-48-56(59)62-51-55(64-58(61)50-45-40-35-30-25-20-19-22-27-32-37-42-47-54(4)5)52-63-57(60)49-44-39-34-29-24-18-15-16-21-26-31-36-41-46-53(2)3/h53-55H,6-52H2,1-5H3/t55-/m1/s1. The summed E-state index contributed by atoms with van der Waals surface area (Å²) in [5, 5.41) is 0. The first-order valence-electron chi connectivity index (χ1n) is 28.7. The zero-order valence-corrected chi connectivity index (χ0v) is 43.9. The third-order valence-corrected chi connectivity index (χ3v) is 13.2. The van der Waals surface area contributed by atoms with Crippen molar-refractivity contribution >= 4 is 17.9 Å². The van der Waals surface area contributed by atoms with E-state index in [-0.39, 0.29) is 31.1 Å². The van der Waals surface area contributed by atoms with Crippen molar-refractivity contribution in [3.8, 4) is 0 Å². The van der Waals surface area contributed by atoms with Gasteiger partial charge in [0.05, 0.1) is 0 Å². The van der Waals surface area contributed by atoms with Crippen molar-refractivity contribution in [2.24, 2.45) is 11.8 Å². The van der Waals surface area contributed by atoms with E-state index in [2.05, 4.69) is 34.6 Å². The Hall–Kier alpha value is -1.59. The largest absolute Gasteiger partial charge is 0.462 e. The molecule has 0 aliphatic carbocycles. The highest BCUT2D eigenvalue weighted by Crippen LogP contribution is 2.18. The molecule has 0 aliphatic heterocycles. The van der Waals surface area contributed by atoms with Crippen molar-refractivity contribution in [3.05, 3.63) is 0 Å². The molecule has 380 valence electrons.